The molecule has 7 heteroatoms. The predicted molar refractivity (Wildman–Crippen MR) is 97.3 cm³/mol. The van der Waals surface area contributed by atoms with Gasteiger partial charge in [0.15, 0.2) is 18.2 Å². The molecule has 3 rings (SSSR count). The Morgan fingerprint density at radius 3 is 2.44 bits per heavy atom. The molecule has 1 aliphatic heterocycles. The number of benzene rings is 1. The third kappa shape index (κ3) is 5.69. The van der Waals surface area contributed by atoms with Crippen molar-refractivity contribution < 1.29 is 36.2 Å². The van der Waals surface area contributed by atoms with E-state index in [0.29, 0.717) is 12.1 Å². The molecule has 0 saturated carbocycles. The number of hydrogen-bond acceptors (Lipinski definition) is 5. The SMILES string of the molecule is CN1CCN(CC(=O)c2ccc[n+](CC(=O)c3ccccc3O)c2)CC1.[Br-]. The minimum absolute atomic E-state index is 0. The van der Waals surface area contributed by atoms with Gasteiger partial charge in [-0.3, -0.25) is 14.5 Å². The van der Waals surface area contributed by atoms with Gasteiger partial charge in [0.05, 0.1) is 17.7 Å². The maximum atomic E-state index is 12.6. The van der Waals surface area contributed by atoms with Crippen LogP contribution in [0.5, 0.6) is 5.75 Å². The van der Waals surface area contributed by atoms with Gasteiger partial charge < -0.3 is 27.0 Å². The summed E-state index contributed by atoms with van der Waals surface area (Å²) in [7, 11) is 2.08. The molecular formula is C20H24BrN3O3. The summed E-state index contributed by atoms with van der Waals surface area (Å²) in [5.41, 5.74) is 0.880. The van der Waals surface area contributed by atoms with Crippen LogP contribution in [0.4, 0.5) is 0 Å². The molecule has 1 saturated heterocycles. The highest BCUT2D eigenvalue weighted by atomic mass is 79.9. The van der Waals surface area contributed by atoms with Crippen LogP contribution >= 0.6 is 0 Å². The first-order valence-electron chi connectivity index (χ1n) is 8.77. The number of Topliss-reactive ketones (excluding diaryl/α,β-unsaturated/α-hetero) is 2. The number of para-hydroxylation sites is 1. The Labute approximate surface area is 169 Å². The monoisotopic (exact) mass is 433 g/mol. The second kappa shape index (κ2) is 9.73. The first kappa shape index (κ1) is 21.2. The van der Waals surface area contributed by atoms with Gasteiger partial charge in [0.2, 0.25) is 12.3 Å². The molecule has 1 aromatic heterocycles. The minimum atomic E-state index is -0.197. The number of aromatic hydroxyl groups is 1. The minimum Gasteiger partial charge on any atom is -1.00 e. The summed E-state index contributed by atoms with van der Waals surface area (Å²) >= 11 is 0. The summed E-state index contributed by atoms with van der Waals surface area (Å²) in [4.78, 5) is 29.4. The third-order valence-electron chi connectivity index (χ3n) is 4.67. The van der Waals surface area contributed by atoms with Gasteiger partial charge in [0.1, 0.15) is 5.75 Å². The van der Waals surface area contributed by atoms with Gasteiger partial charge in [0.25, 0.3) is 0 Å². The molecular weight excluding hydrogens is 410 g/mol. The zero-order valence-electron chi connectivity index (χ0n) is 15.3. The van der Waals surface area contributed by atoms with Crippen LogP contribution in [0.1, 0.15) is 20.7 Å². The molecule has 144 valence electrons. The van der Waals surface area contributed by atoms with Gasteiger partial charge in [0, 0.05) is 32.2 Å². The van der Waals surface area contributed by atoms with Gasteiger partial charge in [-0.25, -0.2) is 0 Å². The lowest BCUT2D eigenvalue weighted by atomic mass is 10.1. The number of carbonyl (C=O) groups excluding carboxylic acids is 2. The highest BCUT2D eigenvalue weighted by Crippen LogP contribution is 2.16. The quantitative estimate of drug-likeness (QED) is 0.421. The molecule has 1 aromatic carbocycles. The van der Waals surface area contributed by atoms with E-state index in [2.05, 4.69) is 16.8 Å². The molecule has 0 bridgehead atoms. The van der Waals surface area contributed by atoms with Gasteiger partial charge in [-0.2, -0.15) is 4.57 Å². The molecule has 0 amide bonds. The van der Waals surface area contributed by atoms with Crippen molar-refractivity contribution in [2.45, 2.75) is 6.54 Å². The zero-order chi connectivity index (χ0) is 18.5. The van der Waals surface area contributed by atoms with Crippen LogP contribution in [0.2, 0.25) is 0 Å². The van der Waals surface area contributed by atoms with Crippen LogP contribution in [-0.2, 0) is 6.54 Å². The van der Waals surface area contributed by atoms with Gasteiger partial charge in [-0.05, 0) is 25.2 Å². The highest BCUT2D eigenvalue weighted by molar-refractivity contribution is 5.98. The molecule has 0 spiro atoms. The van der Waals surface area contributed by atoms with Crippen molar-refractivity contribution in [3.8, 4) is 5.75 Å². The number of carbonyl (C=O) groups is 2. The van der Waals surface area contributed by atoms with Crippen molar-refractivity contribution in [2.75, 3.05) is 39.8 Å². The fourth-order valence-electron chi connectivity index (χ4n) is 3.05. The molecule has 0 radical (unpaired) electrons. The van der Waals surface area contributed by atoms with Crippen LogP contribution in [0, 0.1) is 0 Å². The average Bonchev–Trinajstić information content (AvgIpc) is 2.64. The first-order chi connectivity index (χ1) is 12.5. The fraction of sp³-hybridized carbons (Fsp3) is 0.350. The van der Waals surface area contributed by atoms with Crippen molar-refractivity contribution in [1.82, 2.24) is 9.80 Å². The summed E-state index contributed by atoms with van der Waals surface area (Å²) in [6.45, 7) is 4.19. The van der Waals surface area contributed by atoms with E-state index in [1.54, 1.807) is 47.3 Å². The Bertz CT molecular complexity index is 805. The number of piperazine rings is 1. The number of aromatic nitrogens is 1. The van der Waals surface area contributed by atoms with Crippen LogP contribution in [0.25, 0.3) is 0 Å². The normalized spacial score (nSPS) is 15.1. The van der Waals surface area contributed by atoms with Crippen molar-refractivity contribution >= 4 is 11.6 Å². The number of ketones is 2. The number of halogens is 1. The Morgan fingerprint density at radius 1 is 1.04 bits per heavy atom. The molecule has 0 atom stereocenters. The number of likely N-dealkylation sites (N-methyl/N-ethyl adjacent to an activating group) is 1. The van der Waals surface area contributed by atoms with Crippen LogP contribution in [0.3, 0.4) is 0 Å². The predicted octanol–water partition coefficient (Wildman–Crippen LogP) is -2.00. The van der Waals surface area contributed by atoms with E-state index in [1.807, 2.05) is 0 Å². The van der Waals surface area contributed by atoms with Crippen molar-refractivity contribution in [1.29, 1.82) is 0 Å². The number of rotatable bonds is 6. The lowest BCUT2D eigenvalue weighted by Crippen LogP contribution is -3.00. The zero-order valence-corrected chi connectivity index (χ0v) is 16.9. The summed E-state index contributed by atoms with van der Waals surface area (Å²) in [6.07, 6.45) is 3.46. The molecule has 1 N–H and O–H groups in total. The number of hydrogen-bond donors (Lipinski definition) is 1. The Kier molecular flexibility index (Phi) is 7.65. The molecule has 0 unspecified atom stereocenters. The molecule has 1 aliphatic rings. The van der Waals surface area contributed by atoms with Crippen LogP contribution in [-0.4, -0.2) is 66.2 Å². The van der Waals surface area contributed by atoms with Gasteiger partial charge in [-0.15, -0.1) is 0 Å². The summed E-state index contributed by atoms with van der Waals surface area (Å²) in [6, 6.07) is 10.0. The third-order valence-corrected chi connectivity index (χ3v) is 4.67. The smallest absolute Gasteiger partial charge is 0.231 e. The molecule has 1 fully saturated rings. The number of pyridine rings is 1. The molecule has 0 aliphatic carbocycles. The Morgan fingerprint density at radius 2 is 1.74 bits per heavy atom. The summed E-state index contributed by atoms with van der Waals surface area (Å²) in [5, 5.41) is 9.81. The van der Waals surface area contributed by atoms with E-state index in [4.69, 9.17) is 0 Å². The lowest BCUT2D eigenvalue weighted by molar-refractivity contribution is -0.683. The fourth-order valence-corrected chi connectivity index (χ4v) is 3.05. The van der Waals surface area contributed by atoms with E-state index in [1.165, 1.54) is 6.07 Å². The number of phenolic OH excluding ortho intramolecular Hbond substituents is 1. The first-order valence-corrected chi connectivity index (χ1v) is 8.77. The summed E-state index contributed by atoms with van der Waals surface area (Å²) < 4.78 is 1.69. The molecule has 27 heavy (non-hydrogen) atoms. The molecule has 2 aromatic rings. The Balaban J connectivity index is 0.00000261. The van der Waals surface area contributed by atoms with Crippen LogP contribution in [0.15, 0.2) is 48.8 Å². The average molecular weight is 434 g/mol. The van der Waals surface area contributed by atoms with Gasteiger partial charge in [-0.1, -0.05) is 12.1 Å². The molecule has 6 nitrogen and oxygen atoms in total. The van der Waals surface area contributed by atoms with E-state index in [9.17, 15) is 14.7 Å². The Hall–Kier alpha value is -2.09. The number of phenols is 1. The van der Waals surface area contributed by atoms with Crippen LogP contribution < -0.4 is 21.5 Å². The van der Waals surface area contributed by atoms with E-state index < -0.39 is 0 Å². The van der Waals surface area contributed by atoms with Gasteiger partial charge >= 0.3 is 0 Å². The molecule has 2 heterocycles. The maximum absolute atomic E-state index is 12.6. The standard InChI is InChI=1S/C20H23N3O3.BrH/c1-21-9-11-22(12-10-21)14-19(25)16-5-4-8-23(13-16)15-20(26)17-6-2-3-7-18(17)24;/h2-8,13H,9-12,14-15H2,1H3;1H. The van der Waals surface area contributed by atoms with E-state index >= 15 is 0 Å². The van der Waals surface area contributed by atoms with Crippen molar-refractivity contribution in [2.24, 2.45) is 0 Å². The van der Waals surface area contributed by atoms with E-state index in [0.717, 1.165) is 26.2 Å². The topological polar surface area (TPSA) is 64.7 Å². The number of nitrogens with zero attached hydrogens (tertiary/aromatic N) is 3. The lowest BCUT2D eigenvalue weighted by Gasteiger charge is -2.31. The highest BCUT2D eigenvalue weighted by Gasteiger charge is 2.20. The largest absolute Gasteiger partial charge is 1.00 e. The summed E-state index contributed by atoms with van der Waals surface area (Å²) in [5.74, 6) is -0.170. The maximum Gasteiger partial charge on any atom is 0.231 e. The van der Waals surface area contributed by atoms with Crippen molar-refractivity contribution in [3.63, 3.8) is 0 Å². The second-order valence-electron chi connectivity index (χ2n) is 6.71. The van der Waals surface area contributed by atoms with Crippen molar-refractivity contribution in [3.05, 3.63) is 59.9 Å². The second-order valence-corrected chi connectivity index (χ2v) is 6.71. The van der Waals surface area contributed by atoms with E-state index in [-0.39, 0.29) is 46.4 Å².